The van der Waals surface area contributed by atoms with Crippen LogP contribution in [0, 0.1) is 0 Å². The molecule has 114 valence electrons. The molecule has 1 aromatic carbocycles. The highest BCUT2D eigenvalue weighted by Gasteiger charge is 2.18. The largest absolute Gasteiger partial charge is 0.454 e. The molecule has 0 fully saturated rings. The third-order valence-corrected chi connectivity index (χ3v) is 3.40. The molecule has 1 aliphatic rings. The maximum Gasteiger partial charge on any atom is 0.231 e. The van der Waals surface area contributed by atoms with Crippen molar-refractivity contribution in [2.45, 2.75) is 13.1 Å². The van der Waals surface area contributed by atoms with Gasteiger partial charge in [0.15, 0.2) is 11.5 Å². The lowest BCUT2D eigenvalue weighted by molar-refractivity contribution is 0.0667. The van der Waals surface area contributed by atoms with Gasteiger partial charge in [0.2, 0.25) is 6.79 Å². The molecule has 2 heterocycles. The van der Waals surface area contributed by atoms with E-state index < -0.39 is 0 Å². The van der Waals surface area contributed by atoms with Gasteiger partial charge in [0, 0.05) is 25.8 Å². The van der Waals surface area contributed by atoms with Crippen LogP contribution in [-0.4, -0.2) is 43.3 Å². The lowest BCUT2D eigenvalue weighted by atomic mass is 10.2. The van der Waals surface area contributed by atoms with E-state index in [-0.39, 0.29) is 6.79 Å². The minimum atomic E-state index is 0.256. The zero-order chi connectivity index (χ0) is 14.7. The molecule has 0 saturated heterocycles. The maximum atomic E-state index is 5.78. The van der Waals surface area contributed by atoms with E-state index in [2.05, 4.69) is 9.55 Å². The van der Waals surface area contributed by atoms with Gasteiger partial charge in [-0.15, -0.1) is 0 Å². The number of aromatic nitrogens is 2. The average Bonchev–Trinajstić information content (AvgIpc) is 3.08. The third kappa shape index (κ3) is 2.80. The summed E-state index contributed by atoms with van der Waals surface area (Å²) in [5.41, 5.74) is 7.62. The zero-order valence-corrected chi connectivity index (χ0v) is 12.0. The number of ether oxygens (including phenoxy) is 4. The minimum absolute atomic E-state index is 0.256. The van der Waals surface area contributed by atoms with Crippen LogP contribution >= 0.6 is 0 Å². The highest BCUT2D eigenvalue weighted by molar-refractivity contribution is 5.81. The molecule has 7 heteroatoms. The Morgan fingerprint density at radius 3 is 2.81 bits per heavy atom. The highest BCUT2D eigenvalue weighted by Crippen LogP contribution is 2.36. The summed E-state index contributed by atoms with van der Waals surface area (Å²) in [6, 6.07) is 3.83. The van der Waals surface area contributed by atoms with Crippen molar-refractivity contribution in [1.82, 2.24) is 9.55 Å². The van der Waals surface area contributed by atoms with Gasteiger partial charge in [-0.25, -0.2) is 4.98 Å². The molecule has 0 bridgehead atoms. The van der Waals surface area contributed by atoms with Gasteiger partial charge in [0.05, 0.1) is 37.4 Å². The van der Waals surface area contributed by atoms with Gasteiger partial charge in [-0.05, 0) is 0 Å². The number of benzene rings is 1. The normalized spacial score (nSPS) is 13.2. The first-order valence-electron chi connectivity index (χ1n) is 6.89. The molecular formula is C14H19N3O4. The number of nitrogens with two attached hydrogens (primary N) is 1. The van der Waals surface area contributed by atoms with Crippen molar-refractivity contribution in [2.24, 2.45) is 5.73 Å². The molecule has 1 aromatic heterocycles. The lowest BCUT2D eigenvalue weighted by Crippen LogP contribution is -2.13. The van der Waals surface area contributed by atoms with E-state index in [1.54, 1.807) is 7.11 Å². The van der Waals surface area contributed by atoms with Crippen molar-refractivity contribution >= 4 is 11.0 Å². The van der Waals surface area contributed by atoms with E-state index in [1.165, 1.54) is 0 Å². The molecule has 0 saturated carbocycles. The number of hydrogen-bond acceptors (Lipinski definition) is 6. The van der Waals surface area contributed by atoms with Crippen LogP contribution in [0.5, 0.6) is 11.5 Å². The monoisotopic (exact) mass is 293 g/mol. The van der Waals surface area contributed by atoms with Crippen LogP contribution in [0.1, 0.15) is 5.82 Å². The second-order valence-electron chi connectivity index (χ2n) is 4.68. The first-order valence-corrected chi connectivity index (χ1v) is 6.89. The summed E-state index contributed by atoms with van der Waals surface area (Å²) in [6.07, 6.45) is 0. The van der Waals surface area contributed by atoms with Gasteiger partial charge >= 0.3 is 0 Å². The van der Waals surface area contributed by atoms with E-state index >= 15 is 0 Å². The topological polar surface area (TPSA) is 80.8 Å². The predicted octanol–water partition coefficient (Wildman–Crippen LogP) is 0.887. The van der Waals surface area contributed by atoms with Crippen LogP contribution in [0.4, 0.5) is 0 Å². The molecule has 0 radical (unpaired) electrons. The van der Waals surface area contributed by atoms with Gasteiger partial charge in [-0.1, -0.05) is 0 Å². The Morgan fingerprint density at radius 2 is 2.05 bits per heavy atom. The van der Waals surface area contributed by atoms with Crippen molar-refractivity contribution in [3.63, 3.8) is 0 Å². The van der Waals surface area contributed by atoms with E-state index in [9.17, 15) is 0 Å². The average molecular weight is 293 g/mol. The van der Waals surface area contributed by atoms with Gasteiger partial charge < -0.3 is 29.2 Å². The number of rotatable bonds is 7. The molecule has 7 nitrogen and oxygen atoms in total. The summed E-state index contributed by atoms with van der Waals surface area (Å²) < 4.78 is 23.3. The van der Waals surface area contributed by atoms with Crippen LogP contribution < -0.4 is 15.2 Å². The van der Waals surface area contributed by atoms with Crippen molar-refractivity contribution in [3.05, 3.63) is 18.0 Å². The second kappa shape index (κ2) is 6.30. The molecule has 0 unspecified atom stereocenters. The van der Waals surface area contributed by atoms with Crippen molar-refractivity contribution in [2.75, 3.05) is 33.7 Å². The van der Waals surface area contributed by atoms with E-state index in [0.29, 0.717) is 32.9 Å². The smallest absolute Gasteiger partial charge is 0.231 e. The Kier molecular flexibility index (Phi) is 4.23. The standard InChI is InChI=1S/C14H19N3O4/c1-18-4-5-19-3-2-17-11-7-13-12(20-9-21-13)6-10(11)16-14(17)8-15/h6-7H,2-5,8-9,15H2,1H3. The highest BCUT2D eigenvalue weighted by atomic mass is 16.7. The Bertz CT molecular complexity index is 626. The fraction of sp³-hybridized carbons (Fsp3) is 0.500. The summed E-state index contributed by atoms with van der Waals surface area (Å²) in [5, 5.41) is 0. The van der Waals surface area contributed by atoms with E-state index in [1.807, 2.05) is 12.1 Å². The number of hydrogen-bond donors (Lipinski definition) is 1. The molecule has 0 spiro atoms. The lowest BCUT2D eigenvalue weighted by Gasteiger charge is -2.09. The van der Waals surface area contributed by atoms with Gasteiger partial charge in [0.1, 0.15) is 5.82 Å². The molecule has 1 aliphatic heterocycles. The Labute approximate surface area is 122 Å². The summed E-state index contributed by atoms with van der Waals surface area (Å²) in [4.78, 5) is 4.55. The number of methoxy groups -OCH3 is 1. The first-order chi connectivity index (χ1) is 10.3. The third-order valence-electron chi connectivity index (χ3n) is 3.40. The van der Waals surface area contributed by atoms with Gasteiger partial charge in [0.25, 0.3) is 0 Å². The Balaban J connectivity index is 1.82. The zero-order valence-electron chi connectivity index (χ0n) is 12.0. The number of fused-ring (bicyclic) bond motifs is 2. The predicted molar refractivity (Wildman–Crippen MR) is 76.4 cm³/mol. The summed E-state index contributed by atoms with van der Waals surface area (Å²) >= 11 is 0. The SMILES string of the molecule is COCCOCCn1c(CN)nc2cc3c(cc21)OCO3. The van der Waals surface area contributed by atoms with Crippen molar-refractivity contribution < 1.29 is 18.9 Å². The fourth-order valence-corrected chi connectivity index (χ4v) is 2.37. The van der Waals surface area contributed by atoms with E-state index in [4.69, 9.17) is 24.7 Å². The van der Waals surface area contributed by atoms with Gasteiger partial charge in [-0.2, -0.15) is 0 Å². The quantitative estimate of drug-likeness (QED) is 0.764. The van der Waals surface area contributed by atoms with Crippen molar-refractivity contribution in [1.29, 1.82) is 0 Å². The summed E-state index contributed by atoms with van der Waals surface area (Å²) in [5.74, 6) is 2.30. The number of nitrogens with zero attached hydrogens (tertiary/aromatic N) is 2. The Morgan fingerprint density at radius 1 is 1.24 bits per heavy atom. The molecular weight excluding hydrogens is 274 g/mol. The first kappa shape index (κ1) is 14.1. The van der Waals surface area contributed by atoms with Gasteiger partial charge in [-0.3, -0.25) is 0 Å². The van der Waals surface area contributed by atoms with Crippen LogP contribution in [0.2, 0.25) is 0 Å². The fourth-order valence-electron chi connectivity index (χ4n) is 2.37. The number of imidazole rings is 1. The van der Waals surface area contributed by atoms with Crippen LogP contribution in [0.3, 0.4) is 0 Å². The van der Waals surface area contributed by atoms with Crippen LogP contribution in [-0.2, 0) is 22.6 Å². The molecule has 0 aliphatic carbocycles. The van der Waals surface area contributed by atoms with Crippen molar-refractivity contribution in [3.8, 4) is 11.5 Å². The van der Waals surface area contributed by atoms with E-state index in [0.717, 1.165) is 28.4 Å². The summed E-state index contributed by atoms with van der Waals surface area (Å²) in [6.45, 7) is 3.06. The minimum Gasteiger partial charge on any atom is -0.454 e. The second-order valence-corrected chi connectivity index (χ2v) is 4.68. The molecule has 3 rings (SSSR count). The van der Waals surface area contributed by atoms with Crippen LogP contribution in [0.15, 0.2) is 12.1 Å². The maximum absolute atomic E-state index is 5.78. The molecule has 21 heavy (non-hydrogen) atoms. The Hall–Kier alpha value is -1.83. The van der Waals surface area contributed by atoms with Crippen LogP contribution in [0.25, 0.3) is 11.0 Å². The molecule has 0 atom stereocenters. The molecule has 2 N–H and O–H groups in total. The molecule has 0 amide bonds. The summed E-state index contributed by atoms with van der Waals surface area (Å²) in [7, 11) is 1.65. The molecule has 2 aromatic rings.